The molecule has 0 saturated heterocycles. The molecule has 0 aliphatic rings. The molecule has 0 saturated carbocycles. The van der Waals surface area contributed by atoms with Crippen LogP contribution in [-0.4, -0.2) is 44.0 Å². The van der Waals surface area contributed by atoms with Gasteiger partial charge in [0.1, 0.15) is 0 Å². The van der Waals surface area contributed by atoms with Gasteiger partial charge in [-0.05, 0) is 45.6 Å². The Labute approximate surface area is 126 Å². The number of nitrogens with zero attached hydrogens (tertiary/aromatic N) is 1. The molecule has 5 heteroatoms. The Balaban J connectivity index is 2.82. The summed E-state index contributed by atoms with van der Waals surface area (Å²) in [6, 6.07) is 5.43. The van der Waals surface area contributed by atoms with Gasteiger partial charge in [-0.1, -0.05) is 18.5 Å². The normalized spacial score (nSPS) is 12.3. The van der Waals surface area contributed by atoms with E-state index in [4.69, 9.17) is 11.6 Å². The monoisotopic (exact) mass is 297 g/mol. The van der Waals surface area contributed by atoms with E-state index in [0.29, 0.717) is 10.6 Å². The maximum Gasteiger partial charge on any atom is 0.253 e. The Bertz CT molecular complexity index is 449. The highest BCUT2D eigenvalue weighted by Gasteiger charge is 2.14. The fourth-order valence-corrected chi connectivity index (χ4v) is 2.19. The molecule has 1 atom stereocenters. The van der Waals surface area contributed by atoms with Gasteiger partial charge in [0.2, 0.25) is 0 Å². The van der Waals surface area contributed by atoms with Crippen LogP contribution in [-0.2, 0) is 0 Å². The van der Waals surface area contributed by atoms with Crippen LogP contribution in [0.3, 0.4) is 0 Å². The SMILES string of the molecule is CCCNc1ccc(Cl)cc1C(=O)NC(C)CN(C)C. The van der Waals surface area contributed by atoms with Crippen molar-refractivity contribution in [2.75, 3.05) is 32.5 Å². The number of halogens is 1. The van der Waals surface area contributed by atoms with Crippen LogP contribution in [0.15, 0.2) is 18.2 Å². The van der Waals surface area contributed by atoms with E-state index in [1.807, 2.05) is 32.0 Å². The molecule has 1 aromatic carbocycles. The van der Waals surface area contributed by atoms with Crippen LogP contribution in [0, 0.1) is 0 Å². The topological polar surface area (TPSA) is 44.4 Å². The van der Waals surface area contributed by atoms with E-state index < -0.39 is 0 Å². The van der Waals surface area contributed by atoms with Crippen molar-refractivity contribution in [3.63, 3.8) is 0 Å². The largest absolute Gasteiger partial charge is 0.384 e. The van der Waals surface area contributed by atoms with Gasteiger partial charge in [0.05, 0.1) is 5.56 Å². The minimum absolute atomic E-state index is 0.0792. The summed E-state index contributed by atoms with van der Waals surface area (Å²) in [7, 11) is 3.96. The molecular formula is C15H24ClN3O. The number of hydrogen-bond donors (Lipinski definition) is 2. The minimum Gasteiger partial charge on any atom is -0.384 e. The van der Waals surface area contributed by atoms with Gasteiger partial charge < -0.3 is 15.5 Å². The van der Waals surface area contributed by atoms with Crippen LogP contribution >= 0.6 is 11.6 Å². The van der Waals surface area contributed by atoms with Crippen molar-refractivity contribution in [2.45, 2.75) is 26.3 Å². The zero-order valence-electron chi connectivity index (χ0n) is 12.7. The Morgan fingerprint density at radius 3 is 2.70 bits per heavy atom. The molecule has 1 amide bonds. The molecule has 0 radical (unpaired) electrons. The molecule has 20 heavy (non-hydrogen) atoms. The number of benzene rings is 1. The lowest BCUT2D eigenvalue weighted by molar-refractivity contribution is 0.0935. The van der Waals surface area contributed by atoms with Crippen molar-refractivity contribution in [1.82, 2.24) is 10.2 Å². The first-order chi connectivity index (χ1) is 9.43. The summed E-state index contributed by atoms with van der Waals surface area (Å²) in [5.41, 5.74) is 1.42. The van der Waals surface area contributed by atoms with Crippen molar-refractivity contribution in [3.05, 3.63) is 28.8 Å². The number of hydrogen-bond acceptors (Lipinski definition) is 3. The second-order valence-electron chi connectivity index (χ2n) is 5.25. The summed E-state index contributed by atoms with van der Waals surface area (Å²) in [4.78, 5) is 14.4. The predicted molar refractivity (Wildman–Crippen MR) is 85.7 cm³/mol. The Hall–Kier alpha value is -1.26. The summed E-state index contributed by atoms with van der Waals surface area (Å²) < 4.78 is 0. The molecule has 2 N–H and O–H groups in total. The van der Waals surface area contributed by atoms with E-state index in [1.54, 1.807) is 12.1 Å². The highest BCUT2D eigenvalue weighted by molar-refractivity contribution is 6.31. The molecule has 1 aromatic rings. The average Bonchev–Trinajstić information content (AvgIpc) is 2.36. The summed E-state index contributed by atoms with van der Waals surface area (Å²) in [6.07, 6.45) is 1.00. The fraction of sp³-hybridized carbons (Fsp3) is 0.533. The predicted octanol–water partition coefficient (Wildman–Crippen LogP) is 2.84. The number of anilines is 1. The molecule has 0 fully saturated rings. The lowest BCUT2D eigenvalue weighted by atomic mass is 10.1. The van der Waals surface area contributed by atoms with Crippen LogP contribution in [0.25, 0.3) is 0 Å². The van der Waals surface area contributed by atoms with Gasteiger partial charge >= 0.3 is 0 Å². The molecular weight excluding hydrogens is 274 g/mol. The zero-order chi connectivity index (χ0) is 15.1. The van der Waals surface area contributed by atoms with Gasteiger partial charge in [0, 0.05) is 29.8 Å². The van der Waals surface area contributed by atoms with Gasteiger partial charge in [0.25, 0.3) is 5.91 Å². The molecule has 0 aliphatic carbocycles. The standard InChI is InChI=1S/C15H24ClN3O/c1-5-8-17-14-7-6-12(16)9-13(14)15(20)18-11(2)10-19(3)4/h6-7,9,11,17H,5,8,10H2,1-4H3,(H,18,20). The van der Waals surface area contributed by atoms with Gasteiger partial charge in [0.15, 0.2) is 0 Å². The number of nitrogens with one attached hydrogen (secondary N) is 2. The number of carbonyl (C=O) groups excluding carboxylic acids is 1. The Morgan fingerprint density at radius 1 is 1.40 bits per heavy atom. The van der Waals surface area contributed by atoms with Crippen LogP contribution in [0.2, 0.25) is 5.02 Å². The number of carbonyl (C=O) groups is 1. The van der Waals surface area contributed by atoms with Gasteiger partial charge in [-0.3, -0.25) is 4.79 Å². The minimum atomic E-state index is -0.0968. The van der Waals surface area contributed by atoms with Crippen molar-refractivity contribution in [3.8, 4) is 0 Å². The highest BCUT2D eigenvalue weighted by atomic mass is 35.5. The fourth-order valence-electron chi connectivity index (χ4n) is 2.01. The third-order valence-corrected chi connectivity index (χ3v) is 3.04. The maximum absolute atomic E-state index is 12.3. The summed E-state index contributed by atoms with van der Waals surface area (Å²) in [5.74, 6) is -0.0968. The second kappa shape index (κ2) is 8.12. The third kappa shape index (κ3) is 5.39. The van der Waals surface area contributed by atoms with E-state index in [9.17, 15) is 4.79 Å². The van der Waals surface area contributed by atoms with E-state index in [1.165, 1.54) is 0 Å². The van der Waals surface area contributed by atoms with Crippen LogP contribution in [0.5, 0.6) is 0 Å². The number of amides is 1. The van der Waals surface area contributed by atoms with Crippen molar-refractivity contribution in [1.29, 1.82) is 0 Å². The van der Waals surface area contributed by atoms with Gasteiger partial charge in [-0.15, -0.1) is 0 Å². The zero-order valence-corrected chi connectivity index (χ0v) is 13.4. The molecule has 1 unspecified atom stereocenters. The first-order valence-electron chi connectivity index (χ1n) is 6.93. The number of rotatable bonds is 7. The van der Waals surface area contributed by atoms with Crippen molar-refractivity contribution < 1.29 is 4.79 Å². The summed E-state index contributed by atoms with van der Waals surface area (Å²) in [6.45, 7) is 5.70. The maximum atomic E-state index is 12.3. The summed E-state index contributed by atoms with van der Waals surface area (Å²) in [5, 5.41) is 6.81. The first kappa shape index (κ1) is 16.8. The van der Waals surface area contributed by atoms with Crippen LogP contribution in [0.4, 0.5) is 5.69 Å². The average molecular weight is 298 g/mol. The third-order valence-electron chi connectivity index (χ3n) is 2.81. The van der Waals surface area contributed by atoms with E-state index in [2.05, 4.69) is 17.6 Å². The smallest absolute Gasteiger partial charge is 0.253 e. The molecule has 0 heterocycles. The van der Waals surface area contributed by atoms with Crippen molar-refractivity contribution >= 4 is 23.2 Å². The summed E-state index contributed by atoms with van der Waals surface area (Å²) >= 11 is 6.00. The lowest BCUT2D eigenvalue weighted by Crippen LogP contribution is -2.39. The van der Waals surface area contributed by atoms with E-state index in [-0.39, 0.29) is 11.9 Å². The Kier molecular flexibility index (Phi) is 6.82. The molecule has 4 nitrogen and oxygen atoms in total. The van der Waals surface area contributed by atoms with Crippen LogP contribution < -0.4 is 10.6 Å². The highest BCUT2D eigenvalue weighted by Crippen LogP contribution is 2.21. The van der Waals surface area contributed by atoms with Crippen molar-refractivity contribution in [2.24, 2.45) is 0 Å². The molecule has 0 spiro atoms. The molecule has 0 aromatic heterocycles. The quantitative estimate of drug-likeness (QED) is 0.813. The van der Waals surface area contributed by atoms with E-state index in [0.717, 1.165) is 25.2 Å². The molecule has 0 aliphatic heterocycles. The molecule has 1 rings (SSSR count). The van der Waals surface area contributed by atoms with Gasteiger partial charge in [-0.2, -0.15) is 0 Å². The molecule has 0 bridgehead atoms. The lowest BCUT2D eigenvalue weighted by Gasteiger charge is -2.19. The second-order valence-corrected chi connectivity index (χ2v) is 5.69. The Morgan fingerprint density at radius 2 is 2.10 bits per heavy atom. The van der Waals surface area contributed by atoms with Gasteiger partial charge in [-0.25, -0.2) is 0 Å². The van der Waals surface area contributed by atoms with E-state index >= 15 is 0 Å². The first-order valence-corrected chi connectivity index (χ1v) is 7.30. The molecule has 112 valence electrons. The number of likely N-dealkylation sites (N-methyl/N-ethyl adjacent to an activating group) is 1. The van der Waals surface area contributed by atoms with Crippen LogP contribution in [0.1, 0.15) is 30.6 Å².